The minimum Gasteiger partial charge on any atom is -0.443 e. The molecule has 1 amide bonds. The highest BCUT2D eigenvalue weighted by Crippen LogP contribution is 2.22. The van der Waals surface area contributed by atoms with E-state index in [9.17, 15) is 13.2 Å². The molecule has 1 N–H and O–H groups in total. The van der Waals surface area contributed by atoms with Gasteiger partial charge in [-0.05, 0) is 25.0 Å². The van der Waals surface area contributed by atoms with Gasteiger partial charge in [-0.25, -0.2) is 17.7 Å². The molecule has 1 aromatic heterocycles. The fraction of sp³-hybridized carbons (Fsp3) is 0.429. The van der Waals surface area contributed by atoms with E-state index in [1.807, 2.05) is 0 Å². The number of oxazole rings is 1. The van der Waals surface area contributed by atoms with Gasteiger partial charge >= 0.3 is 0 Å². The van der Waals surface area contributed by atoms with Gasteiger partial charge in [0, 0.05) is 30.8 Å². The number of anilines is 1. The van der Waals surface area contributed by atoms with E-state index >= 15 is 0 Å². The first-order chi connectivity index (χ1) is 10.4. The first-order valence-electron chi connectivity index (χ1n) is 7.03. The molecular formula is C14H17N3O4S. The quantitative estimate of drug-likeness (QED) is 0.922. The van der Waals surface area contributed by atoms with Crippen LogP contribution in [0.25, 0.3) is 11.1 Å². The average molecular weight is 323 g/mol. The fourth-order valence-corrected chi connectivity index (χ4v) is 3.50. The van der Waals surface area contributed by atoms with Crippen LogP contribution in [0.5, 0.6) is 0 Å². The van der Waals surface area contributed by atoms with E-state index in [0.29, 0.717) is 37.2 Å². The van der Waals surface area contributed by atoms with Crippen molar-refractivity contribution < 1.29 is 17.6 Å². The summed E-state index contributed by atoms with van der Waals surface area (Å²) in [6.45, 7) is 0.774. The number of nitrogens with one attached hydrogen (secondary N) is 1. The number of hydrogen-bond donors (Lipinski definition) is 1. The molecule has 1 aromatic carbocycles. The van der Waals surface area contributed by atoms with Crippen LogP contribution in [0.15, 0.2) is 29.0 Å². The van der Waals surface area contributed by atoms with Crippen LogP contribution in [0.3, 0.4) is 0 Å². The van der Waals surface area contributed by atoms with E-state index in [2.05, 4.69) is 10.3 Å². The van der Waals surface area contributed by atoms with Gasteiger partial charge < -0.3 is 9.73 Å². The molecule has 1 aliphatic heterocycles. The van der Waals surface area contributed by atoms with Crippen molar-refractivity contribution in [1.82, 2.24) is 9.29 Å². The molecule has 1 aliphatic rings. The first-order valence-corrected chi connectivity index (χ1v) is 8.87. The maximum Gasteiger partial charge on any atom is 0.227 e. The number of sulfonamides is 1. The molecule has 3 rings (SSSR count). The summed E-state index contributed by atoms with van der Waals surface area (Å²) in [5, 5.41) is 2.85. The summed E-state index contributed by atoms with van der Waals surface area (Å²) < 4.78 is 29.5. The number of aromatic nitrogens is 1. The van der Waals surface area contributed by atoms with Crippen molar-refractivity contribution in [3.8, 4) is 0 Å². The van der Waals surface area contributed by atoms with Crippen LogP contribution < -0.4 is 5.32 Å². The van der Waals surface area contributed by atoms with Gasteiger partial charge in [0.05, 0.1) is 6.26 Å². The van der Waals surface area contributed by atoms with Crippen LogP contribution >= 0.6 is 0 Å². The van der Waals surface area contributed by atoms with Crippen molar-refractivity contribution in [2.75, 3.05) is 24.7 Å². The van der Waals surface area contributed by atoms with E-state index in [1.165, 1.54) is 17.0 Å². The Balaban J connectivity index is 1.63. The maximum atomic E-state index is 12.3. The van der Waals surface area contributed by atoms with Gasteiger partial charge in [0.15, 0.2) is 12.0 Å². The van der Waals surface area contributed by atoms with Gasteiger partial charge in [-0.2, -0.15) is 0 Å². The van der Waals surface area contributed by atoms with Crippen LogP contribution in [0, 0.1) is 5.92 Å². The number of fused-ring (bicyclic) bond motifs is 1. The number of carbonyl (C=O) groups excluding carboxylic acids is 1. The van der Waals surface area contributed by atoms with Gasteiger partial charge in [-0.3, -0.25) is 4.79 Å². The normalized spacial score (nSPS) is 17.7. The van der Waals surface area contributed by atoms with E-state index in [-0.39, 0.29) is 11.8 Å². The molecule has 2 heterocycles. The third-order valence-electron chi connectivity index (χ3n) is 3.89. The zero-order valence-corrected chi connectivity index (χ0v) is 13.0. The molecular weight excluding hydrogens is 306 g/mol. The van der Waals surface area contributed by atoms with Gasteiger partial charge in [0.25, 0.3) is 0 Å². The van der Waals surface area contributed by atoms with Crippen molar-refractivity contribution >= 4 is 32.7 Å². The summed E-state index contributed by atoms with van der Waals surface area (Å²) in [6, 6.07) is 5.28. The van der Waals surface area contributed by atoms with E-state index in [0.717, 1.165) is 5.52 Å². The summed E-state index contributed by atoms with van der Waals surface area (Å²) >= 11 is 0. The fourth-order valence-electron chi connectivity index (χ4n) is 2.63. The largest absolute Gasteiger partial charge is 0.443 e. The number of amides is 1. The standard InChI is InChI=1S/C14H17N3O4S/c1-22(19,20)17-6-4-10(5-7-17)14(18)16-11-2-3-12-13(8-11)21-9-15-12/h2-3,8-10H,4-7H2,1H3,(H,16,18). The topological polar surface area (TPSA) is 92.5 Å². The smallest absolute Gasteiger partial charge is 0.227 e. The van der Waals surface area contributed by atoms with Crippen molar-refractivity contribution in [3.63, 3.8) is 0 Å². The molecule has 8 heteroatoms. The molecule has 2 aromatic rings. The van der Waals surface area contributed by atoms with Gasteiger partial charge in [0.2, 0.25) is 15.9 Å². The number of rotatable bonds is 3. The Labute approximate surface area is 128 Å². The molecule has 0 atom stereocenters. The number of carbonyl (C=O) groups is 1. The molecule has 22 heavy (non-hydrogen) atoms. The van der Waals surface area contributed by atoms with Crippen molar-refractivity contribution in [3.05, 3.63) is 24.6 Å². The SMILES string of the molecule is CS(=O)(=O)N1CCC(C(=O)Nc2ccc3ncoc3c2)CC1. The molecule has 1 fully saturated rings. The summed E-state index contributed by atoms with van der Waals surface area (Å²) in [5.41, 5.74) is 2.00. The molecule has 0 aliphatic carbocycles. The van der Waals surface area contributed by atoms with Crippen molar-refractivity contribution in [2.24, 2.45) is 5.92 Å². The third kappa shape index (κ3) is 3.12. The monoisotopic (exact) mass is 323 g/mol. The second kappa shape index (κ2) is 5.69. The Kier molecular flexibility index (Phi) is 3.88. The van der Waals surface area contributed by atoms with E-state index < -0.39 is 10.0 Å². The van der Waals surface area contributed by atoms with Gasteiger partial charge in [-0.15, -0.1) is 0 Å². The third-order valence-corrected chi connectivity index (χ3v) is 5.20. The van der Waals surface area contributed by atoms with Crippen LogP contribution in [0.1, 0.15) is 12.8 Å². The Morgan fingerprint density at radius 1 is 1.36 bits per heavy atom. The minimum atomic E-state index is -3.17. The molecule has 0 unspecified atom stereocenters. The minimum absolute atomic E-state index is 0.0907. The molecule has 7 nitrogen and oxygen atoms in total. The zero-order chi connectivity index (χ0) is 15.7. The van der Waals surface area contributed by atoms with Crippen molar-refractivity contribution in [1.29, 1.82) is 0 Å². The Morgan fingerprint density at radius 2 is 2.09 bits per heavy atom. The highest BCUT2D eigenvalue weighted by atomic mass is 32.2. The second-order valence-corrected chi connectivity index (χ2v) is 7.44. The molecule has 118 valence electrons. The average Bonchev–Trinajstić information content (AvgIpc) is 2.94. The molecule has 0 spiro atoms. The van der Waals surface area contributed by atoms with E-state index in [4.69, 9.17) is 4.42 Å². The Hall–Kier alpha value is -1.93. The van der Waals surface area contributed by atoms with Crippen LogP contribution in [0.4, 0.5) is 5.69 Å². The van der Waals surface area contributed by atoms with Gasteiger partial charge in [-0.1, -0.05) is 0 Å². The molecule has 0 saturated carbocycles. The molecule has 0 radical (unpaired) electrons. The maximum absolute atomic E-state index is 12.3. The lowest BCUT2D eigenvalue weighted by Gasteiger charge is -2.29. The Bertz CT molecular complexity index is 791. The highest BCUT2D eigenvalue weighted by Gasteiger charge is 2.28. The van der Waals surface area contributed by atoms with Crippen LogP contribution in [-0.2, 0) is 14.8 Å². The summed E-state index contributed by atoms with van der Waals surface area (Å²) in [7, 11) is -3.17. The number of benzene rings is 1. The summed E-state index contributed by atoms with van der Waals surface area (Å²) in [6.07, 6.45) is 3.62. The first kappa shape index (κ1) is 15.0. The number of nitrogens with zero attached hydrogens (tertiary/aromatic N) is 2. The molecule has 0 bridgehead atoms. The predicted octanol–water partition coefficient (Wildman–Crippen LogP) is 1.44. The summed E-state index contributed by atoms with van der Waals surface area (Å²) in [4.78, 5) is 16.3. The zero-order valence-electron chi connectivity index (χ0n) is 12.2. The second-order valence-electron chi connectivity index (χ2n) is 5.46. The molecule has 1 saturated heterocycles. The van der Waals surface area contributed by atoms with Crippen molar-refractivity contribution in [2.45, 2.75) is 12.8 Å². The predicted molar refractivity (Wildman–Crippen MR) is 81.8 cm³/mol. The van der Waals surface area contributed by atoms with Crippen LogP contribution in [-0.4, -0.2) is 43.0 Å². The lowest BCUT2D eigenvalue weighted by molar-refractivity contribution is -0.120. The lowest BCUT2D eigenvalue weighted by atomic mass is 9.97. The van der Waals surface area contributed by atoms with Crippen LogP contribution in [0.2, 0.25) is 0 Å². The number of hydrogen-bond acceptors (Lipinski definition) is 5. The highest BCUT2D eigenvalue weighted by molar-refractivity contribution is 7.88. The van der Waals surface area contributed by atoms with Gasteiger partial charge in [0.1, 0.15) is 5.52 Å². The lowest BCUT2D eigenvalue weighted by Crippen LogP contribution is -2.40. The summed E-state index contributed by atoms with van der Waals surface area (Å²) in [5.74, 6) is -0.268. The van der Waals surface area contributed by atoms with E-state index in [1.54, 1.807) is 18.2 Å². The number of piperidine rings is 1. The Morgan fingerprint density at radius 3 is 2.77 bits per heavy atom.